The molecule has 0 radical (unpaired) electrons. The Hall–Kier alpha value is -2.04. The van der Waals surface area contributed by atoms with E-state index in [2.05, 4.69) is 86.5 Å². The van der Waals surface area contributed by atoms with Crippen molar-refractivity contribution in [2.75, 3.05) is 54.5 Å². The minimum atomic E-state index is 0.792. The number of hydrogen-bond acceptors (Lipinski definition) is 4. The molecule has 0 aliphatic rings. The highest BCUT2D eigenvalue weighted by Gasteiger charge is 2.05. The van der Waals surface area contributed by atoms with E-state index >= 15 is 0 Å². The molecular weight excluding hydrogens is 396 g/mol. The quantitative estimate of drug-likeness (QED) is 0.295. The van der Waals surface area contributed by atoms with Gasteiger partial charge in [0.15, 0.2) is 0 Å². The molecule has 0 heterocycles. The van der Waals surface area contributed by atoms with Crippen LogP contribution in [0, 0.1) is 0 Å². The zero-order valence-electron chi connectivity index (χ0n) is 20.8. The summed E-state index contributed by atoms with van der Waals surface area (Å²) in [4.78, 5) is 4.47. The lowest BCUT2D eigenvalue weighted by molar-refractivity contribution is 0.284. The smallest absolute Gasteiger partial charge is 0.122 e. The van der Waals surface area contributed by atoms with Crippen LogP contribution in [0.1, 0.15) is 49.7 Å². The van der Waals surface area contributed by atoms with Crippen molar-refractivity contribution >= 4 is 0 Å². The average molecular weight is 441 g/mol. The molecule has 0 spiro atoms. The summed E-state index contributed by atoms with van der Waals surface area (Å²) in [6.07, 6.45) is 9.00. The summed E-state index contributed by atoms with van der Waals surface area (Å²) >= 11 is 0. The first-order valence-electron chi connectivity index (χ1n) is 12.3. The Morgan fingerprint density at radius 3 is 1.34 bits per heavy atom. The lowest BCUT2D eigenvalue weighted by Gasteiger charge is -2.14. The van der Waals surface area contributed by atoms with Crippen LogP contribution in [-0.4, -0.2) is 64.3 Å². The average Bonchev–Trinajstić information content (AvgIpc) is 2.77. The molecule has 0 aliphatic carbocycles. The molecule has 4 heteroatoms. The van der Waals surface area contributed by atoms with Gasteiger partial charge < -0.3 is 19.3 Å². The summed E-state index contributed by atoms with van der Waals surface area (Å²) in [6.45, 7) is 3.80. The summed E-state index contributed by atoms with van der Waals surface area (Å²) < 4.78 is 12.2. The number of nitrogens with zero attached hydrogens (tertiary/aromatic N) is 2. The number of benzene rings is 2. The number of ether oxygens (including phenoxy) is 2. The van der Waals surface area contributed by atoms with Gasteiger partial charge in [-0.1, -0.05) is 36.4 Å². The van der Waals surface area contributed by atoms with E-state index in [1.165, 1.54) is 24.0 Å². The van der Waals surface area contributed by atoms with Gasteiger partial charge in [-0.3, -0.25) is 0 Å². The zero-order chi connectivity index (χ0) is 23.0. The number of aryl methyl sites for hydroxylation is 2. The first kappa shape index (κ1) is 26.2. The van der Waals surface area contributed by atoms with Gasteiger partial charge in [-0.25, -0.2) is 0 Å². The molecule has 178 valence electrons. The summed E-state index contributed by atoms with van der Waals surface area (Å²) in [5.41, 5.74) is 2.65. The monoisotopic (exact) mass is 440 g/mol. The van der Waals surface area contributed by atoms with Crippen LogP contribution in [0.4, 0.5) is 0 Å². The lowest BCUT2D eigenvalue weighted by Crippen LogP contribution is -2.13. The Bertz CT molecular complexity index is 682. The van der Waals surface area contributed by atoms with Crippen LogP contribution >= 0.6 is 0 Å². The molecule has 0 amide bonds. The van der Waals surface area contributed by atoms with E-state index in [0.717, 1.165) is 76.3 Å². The Labute approximate surface area is 196 Å². The molecule has 0 saturated carbocycles. The second kappa shape index (κ2) is 15.7. The molecule has 0 fully saturated rings. The molecule has 0 bridgehead atoms. The van der Waals surface area contributed by atoms with E-state index in [0.29, 0.717) is 0 Å². The van der Waals surface area contributed by atoms with Crippen LogP contribution in [0.2, 0.25) is 0 Å². The van der Waals surface area contributed by atoms with Crippen molar-refractivity contribution in [1.82, 2.24) is 9.80 Å². The van der Waals surface area contributed by atoms with Crippen LogP contribution in [0.25, 0.3) is 0 Å². The second-order valence-electron chi connectivity index (χ2n) is 9.14. The maximum atomic E-state index is 6.09. The molecule has 4 nitrogen and oxygen atoms in total. The standard InChI is InChI=1S/C28H44N2O2/c1-29(2)21-13-17-25-15-7-9-19-27(25)31-23-11-5-6-12-24-32-28-20-10-8-16-26(28)18-14-22-30(3)4/h7-10,15-16,19-20H,5-6,11-14,17-18,21-24H2,1-4H3. The molecule has 2 aromatic carbocycles. The van der Waals surface area contributed by atoms with Gasteiger partial charge in [0.2, 0.25) is 0 Å². The maximum Gasteiger partial charge on any atom is 0.122 e. The van der Waals surface area contributed by atoms with E-state index in [1.54, 1.807) is 0 Å². The van der Waals surface area contributed by atoms with Gasteiger partial charge in [-0.15, -0.1) is 0 Å². The fourth-order valence-corrected chi connectivity index (χ4v) is 3.80. The molecule has 0 saturated heterocycles. The van der Waals surface area contributed by atoms with Crippen LogP contribution in [0.15, 0.2) is 48.5 Å². The molecule has 0 aliphatic heterocycles. The van der Waals surface area contributed by atoms with Gasteiger partial charge in [0.1, 0.15) is 11.5 Å². The largest absolute Gasteiger partial charge is 0.493 e. The van der Waals surface area contributed by atoms with Crippen LogP contribution in [0.5, 0.6) is 11.5 Å². The number of unbranched alkanes of at least 4 members (excludes halogenated alkanes) is 3. The van der Waals surface area contributed by atoms with E-state index in [1.807, 2.05) is 0 Å². The first-order valence-corrected chi connectivity index (χ1v) is 12.3. The van der Waals surface area contributed by atoms with Crippen molar-refractivity contribution in [2.24, 2.45) is 0 Å². The Balaban J connectivity index is 1.59. The Kier molecular flexibility index (Phi) is 12.9. The number of rotatable bonds is 17. The second-order valence-corrected chi connectivity index (χ2v) is 9.14. The summed E-state index contributed by atoms with van der Waals surface area (Å²) in [7, 11) is 8.49. The van der Waals surface area contributed by atoms with Crippen molar-refractivity contribution in [3.63, 3.8) is 0 Å². The molecule has 0 N–H and O–H groups in total. The minimum Gasteiger partial charge on any atom is -0.493 e. The highest BCUT2D eigenvalue weighted by molar-refractivity contribution is 5.34. The lowest BCUT2D eigenvalue weighted by atomic mass is 10.1. The molecule has 32 heavy (non-hydrogen) atoms. The number of para-hydroxylation sites is 2. The van der Waals surface area contributed by atoms with Gasteiger partial charge in [0, 0.05) is 0 Å². The van der Waals surface area contributed by atoms with Crippen molar-refractivity contribution in [3.05, 3.63) is 59.7 Å². The summed E-state index contributed by atoms with van der Waals surface area (Å²) in [5.74, 6) is 2.11. The fourth-order valence-electron chi connectivity index (χ4n) is 3.80. The highest BCUT2D eigenvalue weighted by Crippen LogP contribution is 2.21. The molecule has 2 aromatic rings. The van der Waals surface area contributed by atoms with E-state index in [-0.39, 0.29) is 0 Å². The van der Waals surface area contributed by atoms with Crippen LogP contribution in [-0.2, 0) is 12.8 Å². The molecule has 0 unspecified atom stereocenters. The van der Waals surface area contributed by atoms with Crippen molar-refractivity contribution in [1.29, 1.82) is 0 Å². The van der Waals surface area contributed by atoms with Gasteiger partial charge >= 0.3 is 0 Å². The molecular formula is C28H44N2O2. The van der Waals surface area contributed by atoms with Crippen LogP contribution < -0.4 is 9.47 Å². The molecule has 0 aromatic heterocycles. The number of hydrogen-bond donors (Lipinski definition) is 0. The SMILES string of the molecule is CN(C)CCCc1ccccc1OCCCCCCOc1ccccc1CCCN(C)C. The third-order valence-electron chi connectivity index (χ3n) is 5.60. The topological polar surface area (TPSA) is 24.9 Å². The van der Waals surface area contributed by atoms with E-state index in [4.69, 9.17) is 9.47 Å². The molecule has 2 rings (SSSR count). The third kappa shape index (κ3) is 11.0. The maximum absolute atomic E-state index is 6.09. The normalized spacial score (nSPS) is 11.3. The van der Waals surface area contributed by atoms with E-state index in [9.17, 15) is 0 Å². The van der Waals surface area contributed by atoms with Gasteiger partial charge in [0.05, 0.1) is 13.2 Å². The minimum absolute atomic E-state index is 0.792. The van der Waals surface area contributed by atoms with Gasteiger partial charge in [0.25, 0.3) is 0 Å². The summed E-state index contributed by atoms with van der Waals surface area (Å²) in [5, 5.41) is 0. The fraction of sp³-hybridized carbons (Fsp3) is 0.571. The third-order valence-corrected chi connectivity index (χ3v) is 5.60. The van der Waals surface area contributed by atoms with Crippen molar-refractivity contribution in [3.8, 4) is 11.5 Å². The zero-order valence-corrected chi connectivity index (χ0v) is 20.8. The van der Waals surface area contributed by atoms with Crippen LogP contribution in [0.3, 0.4) is 0 Å². The van der Waals surface area contributed by atoms with Gasteiger partial charge in [-0.05, 0) is 116 Å². The van der Waals surface area contributed by atoms with Gasteiger partial charge in [-0.2, -0.15) is 0 Å². The Morgan fingerprint density at radius 1 is 0.531 bits per heavy atom. The van der Waals surface area contributed by atoms with Crippen molar-refractivity contribution < 1.29 is 9.47 Å². The van der Waals surface area contributed by atoms with Crippen molar-refractivity contribution in [2.45, 2.75) is 51.4 Å². The van der Waals surface area contributed by atoms with E-state index < -0.39 is 0 Å². The first-order chi connectivity index (χ1) is 15.6. The molecule has 0 atom stereocenters. The predicted octanol–water partition coefficient (Wildman–Crippen LogP) is 5.69. The summed E-state index contributed by atoms with van der Waals surface area (Å²) in [6, 6.07) is 17.0. The Morgan fingerprint density at radius 2 is 0.938 bits per heavy atom. The highest BCUT2D eigenvalue weighted by atomic mass is 16.5. The predicted molar refractivity (Wildman–Crippen MR) is 136 cm³/mol.